The third kappa shape index (κ3) is 4.46. The highest BCUT2D eigenvalue weighted by molar-refractivity contribution is 5.95. The number of hydrogen-bond donors (Lipinski definition) is 1. The smallest absolute Gasteiger partial charge is 0.251 e. The fourth-order valence-electron chi connectivity index (χ4n) is 2.77. The standard InChI is InChI=1S/C20H23N5O3/c1-4-27-18-10-9-15(12-19(18)28-5-2)14(3)22-20(26)16-7-6-8-17(11-16)25-13-21-23-24-25/h6-14H,4-5H2,1-3H3,(H,22,26). The van der Waals surface area contributed by atoms with E-state index in [2.05, 4.69) is 20.8 Å². The number of nitrogens with one attached hydrogen (secondary N) is 1. The monoisotopic (exact) mass is 381 g/mol. The van der Waals surface area contributed by atoms with E-state index in [4.69, 9.17) is 9.47 Å². The van der Waals surface area contributed by atoms with Crippen molar-refractivity contribution in [1.82, 2.24) is 25.5 Å². The van der Waals surface area contributed by atoms with Gasteiger partial charge >= 0.3 is 0 Å². The summed E-state index contributed by atoms with van der Waals surface area (Å²) in [6.45, 7) is 6.87. The fraction of sp³-hybridized carbons (Fsp3) is 0.300. The molecule has 3 rings (SSSR count). The highest BCUT2D eigenvalue weighted by Gasteiger charge is 2.15. The third-order valence-corrected chi connectivity index (χ3v) is 4.14. The van der Waals surface area contributed by atoms with Crippen LogP contribution in [0.4, 0.5) is 0 Å². The largest absolute Gasteiger partial charge is 0.490 e. The maximum Gasteiger partial charge on any atom is 0.251 e. The lowest BCUT2D eigenvalue weighted by atomic mass is 10.1. The first-order valence-electron chi connectivity index (χ1n) is 9.16. The number of amides is 1. The van der Waals surface area contributed by atoms with Gasteiger partial charge in [0.15, 0.2) is 11.5 Å². The Morgan fingerprint density at radius 3 is 2.61 bits per heavy atom. The number of carbonyl (C=O) groups excluding carboxylic acids is 1. The molecule has 1 unspecified atom stereocenters. The van der Waals surface area contributed by atoms with Crippen molar-refractivity contribution in [2.45, 2.75) is 26.8 Å². The second-order valence-corrected chi connectivity index (χ2v) is 6.07. The Kier molecular flexibility index (Phi) is 6.21. The van der Waals surface area contributed by atoms with E-state index < -0.39 is 0 Å². The molecular formula is C20H23N5O3. The van der Waals surface area contributed by atoms with Gasteiger partial charge in [-0.15, -0.1) is 5.10 Å². The highest BCUT2D eigenvalue weighted by Crippen LogP contribution is 2.30. The summed E-state index contributed by atoms with van der Waals surface area (Å²) in [5.74, 6) is 1.18. The lowest BCUT2D eigenvalue weighted by Crippen LogP contribution is -2.26. The molecule has 0 aliphatic heterocycles. The Hall–Kier alpha value is -3.42. The molecule has 0 spiro atoms. The van der Waals surface area contributed by atoms with Gasteiger partial charge in [-0.1, -0.05) is 12.1 Å². The molecule has 1 atom stereocenters. The molecular weight excluding hydrogens is 358 g/mol. The Balaban J connectivity index is 1.75. The normalized spacial score (nSPS) is 11.7. The predicted molar refractivity (Wildman–Crippen MR) is 104 cm³/mol. The molecule has 8 nitrogen and oxygen atoms in total. The number of benzene rings is 2. The van der Waals surface area contributed by atoms with Crippen LogP contribution in [0.2, 0.25) is 0 Å². The van der Waals surface area contributed by atoms with Gasteiger partial charge in [0.05, 0.1) is 24.9 Å². The Bertz CT molecular complexity index is 927. The van der Waals surface area contributed by atoms with Crippen molar-refractivity contribution in [3.8, 4) is 17.2 Å². The fourth-order valence-corrected chi connectivity index (χ4v) is 2.77. The van der Waals surface area contributed by atoms with Crippen molar-refractivity contribution >= 4 is 5.91 Å². The predicted octanol–water partition coefficient (Wildman–Crippen LogP) is 2.95. The average Bonchev–Trinajstić information content (AvgIpc) is 3.24. The van der Waals surface area contributed by atoms with Crippen molar-refractivity contribution in [3.63, 3.8) is 0 Å². The number of hydrogen-bond acceptors (Lipinski definition) is 6. The lowest BCUT2D eigenvalue weighted by Gasteiger charge is -2.18. The van der Waals surface area contributed by atoms with Crippen LogP contribution in [0.25, 0.3) is 5.69 Å². The van der Waals surface area contributed by atoms with E-state index in [1.165, 1.54) is 11.0 Å². The van der Waals surface area contributed by atoms with Crippen LogP contribution in [0.5, 0.6) is 11.5 Å². The zero-order chi connectivity index (χ0) is 19.9. The molecule has 0 saturated carbocycles. The summed E-state index contributed by atoms with van der Waals surface area (Å²) < 4.78 is 12.8. The second kappa shape index (κ2) is 8.98. The van der Waals surface area contributed by atoms with Crippen molar-refractivity contribution < 1.29 is 14.3 Å². The van der Waals surface area contributed by atoms with Gasteiger partial charge in [0.2, 0.25) is 0 Å². The minimum Gasteiger partial charge on any atom is -0.490 e. The van der Waals surface area contributed by atoms with Crippen LogP contribution >= 0.6 is 0 Å². The lowest BCUT2D eigenvalue weighted by molar-refractivity contribution is 0.0939. The molecule has 0 fully saturated rings. The summed E-state index contributed by atoms with van der Waals surface area (Å²) in [5.41, 5.74) is 2.16. The van der Waals surface area contributed by atoms with E-state index >= 15 is 0 Å². The van der Waals surface area contributed by atoms with Crippen LogP contribution in [-0.4, -0.2) is 39.3 Å². The molecule has 3 aromatic rings. The van der Waals surface area contributed by atoms with Crippen molar-refractivity contribution in [2.75, 3.05) is 13.2 Å². The quantitative estimate of drug-likeness (QED) is 0.645. The first-order chi connectivity index (χ1) is 13.6. The van der Waals surface area contributed by atoms with Gasteiger partial charge in [-0.05, 0) is 67.1 Å². The van der Waals surface area contributed by atoms with Gasteiger partial charge in [-0.3, -0.25) is 4.79 Å². The van der Waals surface area contributed by atoms with E-state index in [9.17, 15) is 4.79 Å². The molecule has 0 aliphatic rings. The Labute approximate surface area is 163 Å². The summed E-state index contributed by atoms with van der Waals surface area (Å²) in [6.07, 6.45) is 1.48. The minimum absolute atomic E-state index is 0.186. The van der Waals surface area contributed by atoms with E-state index in [0.717, 1.165) is 5.56 Å². The summed E-state index contributed by atoms with van der Waals surface area (Å²) in [5, 5.41) is 14.1. The summed E-state index contributed by atoms with van der Waals surface area (Å²) in [6, 6.07) is 12.6. The van der Waals surface area contributed by atoms with Crippen LogP contribution in [0.3, 0.4) is 0 Å². The molecule has 0 bridgehead atoms. The zero-order valence-corrected chi connectivity index (χ0v) is 16.1. The second-order valence-electron chi connectivity index (χ2n) is 6.07. The molecule has 0 aliphatic carbocycles. The maximum absolute atomic E-state index is 12.7. The van der Waals surface area contributed by atoms with Crippen molar-refractivity contribution in [1.29, 1.82) is 0 Å². The van der Waals surface area contributed by atoms with Gasteiger partial charge in [0, 0.05) is 5.56 Å². The van der Waals surface area contributed by atoms with Gasteiger partial charge in [0.25, 0.3) is 5.91 Å². The molecule has 1 heterocycles. The topological polar surface area (TPSA) is 91.2 Å². The molecule has 1 N–H and O–H groups in total. The number of ether oxygens (including phenoxy) is 2. The molecule has 0 radical (unpaired) electrons. The summed E-state index contributed by atoms with van der Waals surface area (Å²) in [4.78, 5) is 12.7. The molecule has 28 heavy (non-hydrogen) atoms. The maximum atomic E-state index is 12.7. The Morgan fingerprint density at radius 2 is 1.89 bits per heavy atom. The average molecular weight is 381 g/mol. The van der Waals surface area contributed by atoms with Gasteiger partial charge in [-0.25, -0.2) is 4.68 Å². The van der Waals surface area contributed by atoms with E-state index in [1.807, 2.05) is 45.0 Å². The first kappa shape index (κ1) is 19.3. The number of nitrogens with zero attached hydrogens (tertiary/aromatic N) is 4. The number of rotatable bonds is 8. The molecule has 146 valence electrons. The summed E-state index contributed by atoms with van der Waals surface area (Å²) >= 11 is 0. The van der Waals surface area contributed by atoms with Gasteiger partial charge < -0.3 is 14.8 Å². The molecule has 8 heteroatoms. The van der Waals surface area contributed by atoms with Crippen molar-refractivity contribution in [3.05, 3.63) is 59.9 Å². The SMILES string of the molecule is CCOc1ccc(C(C)NC(=O)c2cccc(-n3cnnn3)c2)cc1OCC. The van der Waals surface area contributed by atoms with Gasteiger partial charge in [-0.2, -0.15) is 0 Å². The molecule has 0 saturated heterocycles. The van der Waals surface area contributed by atoms with Crippen LogP contribution < -0.4 is 14.8 Å². The summed E-state index contributed by atoms with van der Waals surface area (Å²) in [7, 11) is 0. The number of tetrazole rings is 1. The van der Waals surface area contributed by atoms with E-state index in [-0.39, 0.29) is 11.9 Å². The number of carbonyl (C=O) groups is 1. The van der Waals surface area contributed by atoms with Gasteiger partial charge in [0.1, 0.15) is 6.33 Å². The highest BCUT2D eigenvalue weighted by atomic mass is 16.5. The van der Waals surface area contributed by atoms with Crippen molar-refractivity contribution in [2.24, 2.45) is 0 Å². The van der Waals surface area contributed by atoms with Crippen LogP contribution in [0.15, 0.2) is 48.8 Å². The van der Waals surface area contributed by atoms with E-state index in [0.29, 0.717) is 36.0 Å². The van der Waals surface area contributed by atoms with E-state index in [1.54, 1.807) is 18.2 Å². The zero-order valence-electron chi connectivity index (χ0n) is 16.1. The first-order valence-corrected chi connectivity index (χ1v) is 9.16. The van der Waals surface area contributed by atoms with Crippen LogP contribution in [0, 0.1) is 0 Å². The van der Waals surface area contributed by atoms with Crippen LogP contribution in [-0.2, 0) is 0 Å². The molecule has 1 aromatic heterocycles. The molecule has 1 amide bonds. The van der Waals surface area contributed by atoms with Crippen LogP contribution in [0.1, 0.15) is 42.7 Å². The molecule has 2 aromatic carbocycles. The minimum atomic E-state index is -0.209. The number of aromatic nitrogens is 4. The Morgan fingerprint density at radius 1 is 1.11 bits per heavy atom. The third-order valence-electron chi connectivity index (χ3n) is 4.14.